The molecule has 2 fully saturated rings. The number of hydrogen-bond acceptors (Lipinski definition) is 6. The van der Waals surface area contributed by atoms with E-state index in [4.69, 9.17) is 4.74 Å². The van der Waals surface area contributed by atoms with E-state index in [9.17, 15) is 0 Å². The van der Waals surface area contributed by atoms with E-state index in [1.807, 2.05) is 19.0 Å². The van der Waals surface area contributed by atoms with Crippen LogP contribution in [-0.4, -0.2) is 74.4 Å². The van der Waals surface area contributed by atoms with Gasteiger partial charge in [-0.05, 0) is 39.3 Å². The van der Waals surface area contributed by atoms with Crippen molar-refractivity contribution in [2.45, 2.75) is 25.3 Å². The van der Waals surface area contributed by atoms with E-state index in [1.54, 1.807) is 6.33 Å². The van der Waals surface area contributed by atoms with Crippen LogP contribution in [0.4, 0.5) is 11.6 Å². The molecule has 0 saturated carbocycles. The molecule has 1 atom stereocenters. The number of ether oxygens (including phenoxy) is 1. The molecule has 2 aliphatic heterocycles. The SMILES string of the molecule is CCOC[C@H]1CCN(C)C2(C1)CN(c1cc(N(C)C)ncn1)C2. The van der Waals surface area contributed by atoms with Gasteiger partial charge in [-0.25, -0.2) is 9.97 Å². The van der Waals surface area contributed by atoms with Crippen LogP contribution in [0.5, 0.6) is 0 Å². The summed E-state index contributed by atoms with van der Waals surface area (Å²) >= 11 is 0. The molecule has 3 heterocycles. The van der Waals surface area contributed by atoms with E-state index in [1.165, 1.54) is 12.8 Å². The van der Waals surface area contributed by atoms with Gasteiger partial charge in [-0.2, -0.15) is 0 Å². The van der Waals surface area contributed by atoms with Gasteiger partial charge < -0.3 is 14.5 Å². The van der Waals surface area contributed by atoms with Gasteiger partial charge in [-0.15, -0.1) is 0 Å². The fourth-order valence-electron chi connectivity index (χ4n) is 3.79. The summed E-state index contributed by atoms with van der Waals surface area (Å²) in [6, 6.07) is 2.08. The highest BCUT2D eigenvalue weighted by Gasteiger charge is 2.49. The van der Waals surface area contributed by atoms with Crippen LogP contribution < -0.4 is 9.80 Å². The Morgan fingerprint density at radius 1 is 1.35 bits per heavy atom. The molecule has 6 nitrogen and oxygen atoms in total. The maximum Gasteiger partial charge on any atom is 0.134 e. The van der Waals surface area contributed by atoms with Gasteiger partial charge in [0.15, 0.2) is 0 Å². The molecular weight excluding hydrogens is 290 g/mol. The molecule has 3 rings (SSSR count). The maximum absolute atomic E-state index is 5.67. The molecule has 0 aliphatic carbocycles. The fourth-order valence-corrected chi connectivity index (χ4v) is 3.79. The molecule has 1 aromatic rings. The lowest BCUT2D eigenvalue weighted by molar-refractivity contribution is -0.0104. The second kappa shape index (κ2) is 6.61. The van der Waals surface area contributed by atoms with Crippen LogP contribution in [0, 0.1) is 5.92 Å². The van der Waals surface area contributed by atoms with Crippen LogP contribution >= 0.6 is 0 Å². The zero-order valence-electron chi connectivity index (χ0n) is 14.8. The Labute approximate surface area is 139 Å². The van der Waals surface area contributed by atoms with Crippen LogP contribution in [0.3, 0.4) is 0 Å². The molecule has 128 valence electrons. The predicted molar refractivity (Wildman–Crippen MR) is 93.2 cm³/mol. The first-order valence-corrected chi connectivity index (χ1v) is 8.57. The maximum atomic E-state index is 5.67. The second-order valence-electron chi connectivity index (χ2n) is 7.15. The standard InChI is InChI=1S/C17H29N5O/c1-5-23-10-14-6-7-21(4)17(9-14)11-22(12-17)16-8-15(20(2)3)18-13-19-16/h8,13-14H,5-7,9-12H2,1-4H3/t14-/m0/s1. The van der Waals surface area contributed by atoms with Crippen molar-refractivity contribution in [3.8, 4) is 0 Å². The normalized spacial score (nSPS) is 23.8. The molecule has 2 aliphatic rings. The summed E-state index contributed by atoms with van der Waals surface area (Å²) in [6.45, 7) is 7.07. The molecule has 0 unspecified atom stereocenters. The van der Waals surface area contributed by atoms with Crippen LogP contribution in [0.25, 0.3) is 0 Å². The number of rotatable bonds is 5. The van der Waals surface area contributed by atoms with E-state index in [-0.39, 0.29) is 0 Å². The predicted octanol–water partition coefficient (Wildman–Crippen LogP) is 1.48. The van der Waals surface area contributed by atoms with Crippen molar-refractivity contribution < 1.29 is 4.74 Å². The van der Waals surface area contributed by atoms with Crippen LogP contribution in [-0.2, 0) is 4.74 Å². The van der Waals surface area contributed by atoms with Crippen molar-refractivity contribution in [3.63, 3.8) is 0 Å². The van der Waals surface area contributed by atoms with Gasteiger partial charge in [0, 0.05) is 46.5 Å². The average Bonchev–Trinajstić information content (AvgIpc) is 2.52. The van der Waals surface area contributed by atoms with Gasteiger partial charge in [-0.3, -0.25) is 4.90 Å². The highest BCUT2D eigenvalue weighted by atomic mass is 16.5. The quantitative estimate of drug-likeness (QED) is 0.819. The smallest absolute Gasteiger partial charge is 0.134 e. The summed E-state index contributed by atoms with van der Waals surface area (Å²) in [5, 5.41) is 0. The lowest BCUT2D eigenvalue weighted by Gasteiger charge is -2.59. The summed E-state index contributed by atoms with van der Waals surface area (Å²) in [5.41, 5.74) is 0.295. The second-order valence-corrected chi connectivity index (χ2v) is 7.15. The van der Waals surface area contributed by atoms with Gasteiger partial charge in [0.1, 0.15) is 18.0 Å². The minimum Gasteiger partial charge on any atom is -0.381 e. The molecule has 1 spiro atoms. The van der Waals surface area contributed by atoms with Gasteiger partial charge in [0.2, 0.25) is 0 Å². The van der Waals surface area contributed by atoms with E-state index in [2.05, 4.69) is 39.8 Å². The van der Waals surface area contributed by atoms with Crippen molar-refractivity contribution in [2.24, 2.45) is 5.92 Å². The van der Waals surface area contributed by atoms with Crippen molar-refractivity contribution >= 4 is 11.6 Å². The summed E-state index contributed by atoms with van der Waals surface area (Å²) in [6.07, 6.45) is 4.14. The Bertz CT molecular complexity index is 527. The van der Waals surface area contributed by atoms with Crippen molar-refractivity contribution in [1.82, 2.24) is 14.9 Å². The molecule has 6 heteroatoms. The monoisotopic (exact) mass is 319 g/mol. The van der Waals surface area contributed by atoms with E-state index in [0.717, 1.165) is 44.5 Å². The molecular formula is C17H29N5O. The summed E-state index contributed by atoms with van der Waals surface area (Å²) < 4.78 is 5.67. The molecule has 0 bridgehead atoms. The third-order valence-electron chi connectivity index (χ3n) is 5.30. The minimum absolute atomic E-state index is 0.295. The Morgan fingerprint density at radius 3 is 2.83 bits per heavy atom. The molecule has 0 amide bonds. The number of anilines is 2. The Morgan fingerprint density at radius 2 is 2.13 bits per heavy atom. The Balaban J connectivity index is 1.65. The lowest BCUT2D eigenvalue weighted by atomic mass is 9.75. The highest BCUT2D eigenvalue weighted by molar-refractivity contribution is 5.52. The molecule has 2 saturated heterocycles. The molecule has 0 radical (unpaired) electrons. The van der Waals surface area contributed by atoms with Gasteiger partial charge in [-0.1, -0.05) is 0 Å². The van der Waals surface area contributed by atoms with Gasteiger partial charge in [0.05, 0.1) is 5.54 Å². The number of piperidine rings is 1. The Kier molecular flexibility index (Phi) is 4.73. The molecule has 23 heavy (non-hydrogen) atoms. The molecule has 0 aromatic carbocycles. The topological polar surface area (TPSA) is 44.7 Å². The summed E-state index contributed by atoms with van der Waals surface area (Å²) in [4.78, 5) is 15.7. The molecule has 1 aromatic heterocycles. The van der Waals surface area contributed by atoms with Gasteiger partial charge in [0.25, 0.3) is 0 Å². The van der Waals surface area contributed by atoms with Crippen molar-refractivity contribution in [1.29, 1.82) is 0 Å². The lowest BCUT2D eigenvalue weighted by Crippen LogP contribution is -2.72. The van der Waals surface area contributed by atoms with Crippen LogP contribution in [0.15, 0.2) is 12.4 Å². The number of hydrogen-bond donors (Lipinski definition) is 0. The largest absolute Gasteiger partial charge is 0.381 e. The third-order valence-corrected chi connectivity index (χ3v) is 5.30. The van der Waals surface area contributed by atoms with Crippen molar-refractivity contribution in [3.05, 3.63) is 12.4 Å². The van der Waals surface area contributed by atoms with E-state index < -0.39 is 0 Å². The number of likely N-dealkylation sites (tertiary alicyclic amines) is 1. The minimum atomic E-state index is 0.295. The van der Waals surface area contributed by atoms with Crippen LogP contribution in [0.2, 0.25) is 0 Å². The fraction of sp³-hybridized carbons (Fsp3) is 0.765. The van der Waals surface area contributed by atoms with E-state index in [0.29, 0.717) is 11.5 Å². The zero-order valence-corrected chi connectivity index (χ0v) is 14.8. The third kappa shape index (κ3) is 3.28. The van der Waals surface area contributed by atoms with Crippen LogP contribution in [0.1, 0.15) is 19.8 Å². The first-order chi connectivity index (χ1) is 11.0. The Hall–Kier alpha value is -1.40. The number of nitrogens with zero attached hydrogens (tertiary/aromatic N) is 5. The molecule has 0 N–H and O–H groups in total. The summed E-state index contributed by atoms with van der Waals surface area (Å²) in [5.74, 6) is 2.69. The van der Waals surface area contributed by atoms with Gasteiger partial charge >= 0.3 is 0 Å². The average molecular weight is 319 g/mol. The number of aromatic nitrogens is 2. The zero-order chi connectivity index (χ0) is 16.4. The first-order valence-electron chi connectivity index (χ1n) is 8.57. The number of likely N-dealkylation sites (N-methyl/N-ethyl adjacent to an activating group) is 1. The van der Waals surface area contributed by atoms with E-state index >= 15 is 0 Å². The highest BCUT2D eigenvalue weighted by Crippen LogP contribution is 2.40. The van der Waals surface area contributed by atoms with Crippen molar-refractivity contribution in [2.75, 3.05) is 63.8 Å². The first kappa shape index (κ1) is 16.5. The summed E-state index contributed by atoms with van der Waals surface area (Å²) in [7, 11) is 6.29.